The van der Waals surface area contributed by atoms with Crippen molar-refractivity contribution in [3.8, 4) is 0 Å². The summed E-state index contributed by atoms with van der Waals surface area (Å²) in [5, 5.41) is 0. The van der Waals surface area contributed by atoms with E-state index >= 15 is 0 Å². The molecule has 0 atom stereocenters. The lowest BCUT2D eigenvalue weighted by Crippen LogP contribution is -2.04. The zero-order valence-corrected chi connectivity index (χ0v) is 5.85. The molecule has 0 amide bonds. The highest BCUT2D eigenvalue weighted by Crippen LogP contribution is 2.29. The molecule has 0 radical (unpaired) electrons. The van der Waals surface area contributed by atoms with Gasteiger partial charge in [0.1, 0.15) is 5.56 Å². The van der Waals surface area contributed by atoms with Crippen molar-refractivity contribution >= 4 is 6.29 Å². The van der Waals surface area contributed by atoms with Gasteiger partial charge in [-0.15, -0.1) is 4.79 Å². The van der Waals surface area contributed by atoms with Crippen LogP contribution >= 0.6 is 0 Å². The van der Waals surface area contributed by atoms with E-state index in [0.29, 0.717) is 0 Å². The van der Waals surface area contributed by atoms with Crippen LogP contribution in [-0.2, 0) is 11.0 Å². The van der Waals surface area contributed by atoms with Gasteiger partial charge in [-0.3, -0.25) is 0 Å². The summed E-state index contributed by atoms with van der Waals surface area (Å²) in [6.07, 6.45) is -3.01. The Labute approximate surface area is 66.8 Å². The zero-order valence-electron chi connectivity index (χ0n) is 5.85. The molecular formula is C8H4F3O+. The van der Waals surface area contributed by atoms with Gasteiger partial charge in [0.15, 0.2) is 0 Å². The van der Waals surface area contributed by atoms with Crippen molar-refractivity contribution in [2.45, 2.75) is 6.18 Å². The normalized spacial score (nSPS) is 10.9. The molecule has 1 rings (SSSR count). The van der Waals surface area contributed by atoms with E-state index in [1.807, 2.05) is 0 Å². The summed E-state index contributed by atoms with van der Waals surface area (Å²) < 4.78 is 35.9. The Morgan fingerprint density at radius 2 is 1.92 bits per heavy atom. The van der Waals surface area contributed by atoms with Gasteiger partial charge in [-0.05, 0) is 12.1 Å². The summed E-state index contributed by atoms with van der Waals surface area (Å²) in [6, 6.07) is 4.10. The van der Waals surface area contributed by atoms with Crippen molar-refractivity contribution in [2.24, 2.45) is 0 Å². The number of carbonyl (C=O) groups excluding carboxylic acids is 1. The molecule has 62 valence electrons. The second-order valence-corrected chi connectivity index (χ2v) is 2.18. The minimum Gasteiger partial charge on any atom is -0.165 e. The van der Waals surface area contributed by atoms with Gasteiger partial charge < -0.3 is 0 Å². The summed E-state index contributed by atoms with van der Waals surface area (Å²) >= 11 is 0. The number of hydrogen-bond donors (Lipinski definition) is 0. The first-order chi connectivity index (χ1) is 5.54. The Bertz CT molecular complexity index is 291. The van der Waals surface area contributed by atoms with Crippen molar-refractivity contribution < 1.29 is 18.0 Å². The molecule has 1 nitrogen and oxygen atoms in total. The fourth-order valence-corrected chi connectivity index (χ4v) is 0.759. The molecule has 1 aromatic rings. The minimum atomic E-state index is -4.40. The first-order valence-electron chi connectivity index (χ1n) is 3.09. The van der Waals surface area contributed by atoms with Gasteiger partial charge in [0.2, 0.25) is 5.56 Å². The van der Waals surface area contributed by atoms with Gasteiger partial charge in [0.05, 0.1) is 12.1 Å². The molecule has 0 N–H and O–H groups in total. The highest BCUT2D eigenvalue weighted by atomic mass is 19.4. The van der Waals surface area contributed by atoms with Gasteiger partial charge >= 0.3 is 12.5 Å². The first-order valence-corrected chi connectivity index (χ1v) is 3.09. The lowest BCUT2D eigenvalue weighted by atomic mass is 10.1. The number of rotatable bonds is 1. The van der Waals surface area contributed by atoms with Gasteiger partial charge in [-0.2, -0.15) is 13.2 Å². The second kappa shape index (κ2) is 2.91. The molecule has 0 aromatic heterocycles. The number of hydrogen-bond acceptors (Lipinski definition) is 1. The summed E-state index contributed by atoms with van der Waals surface area (Å²) in [4.78, 5) is 9.99. The van der Waals surface area contributed by atoms with Crippen LogP contribution in [0.5, 0.6) is 0 Å². The summed E-state index contributed by atoms with van der Waals surface area (Å²) in [7, 11) is 0. The van der Waals surface area contributed by atoms with E-state index in [0.717, 1.165) is 12.1 Å². The van der Waals surface area contributed by atoms with Crippen LogP contribution in [0.3, 0.4) is 0 Å². The monoisotopic (exact) mass is 173 g/mol. The predicted octanol–water partition coefficient (Wildman–Crippen LogP) is 2.16. The van der Waals surface area contributed by atoms with Gasteiger partial charge in [-0.25, -0.2) is 0 Å². The smallest absolute Gasteiger partial charge is 0.165 e. The Morgan fingerprint density at radius 1 is 1.25 bits per heavy atom. The zero-order chi connectivity index (χ0) is 9.19. The van der Waals surface area contributed by atoms with Crippen molar-refractivity contribution in [1.82, 2.24) is 0 Å². The van der Waals surface area contributed by atoms with E-state index in [1.54, 1.807) is 0 Å². The van der Waals surface area contributed by atoms with Gasteiger partial charge in [0, 0.05) is 0 Å². The van der Waals surface area contributed by atoms with Crippen molar-refractivity contribution in [3.63, 3.8) is 0 Å². The minimum absolute atomic E-state index is 0.0928. The molecule has 12 heavy (non-hydrogen) atoms. The molecule has 0 spiro atoms. The summed E-state index contributed by atoms with van der Waals surface area (Å²) in [5.41, 5.74) is -0.923. The number of halogens is 3. The van der Waals surface area contributed by atoms with Crippen LogP contribution in [0, 0.1) is 0 Å². The van der Waals surface area contributed by atoms with E-state index in [4.69, 9.17) is 0 Å². The van der Waals surface area contributed by atoms with Crippen molar-refractivity contribution in [3.05, 3.63) is 35.4 Å². The van der Waals surface area contributed by atoms with Crippen LogP contribution in [0.1, 0.15) is 11.1 Å². The predicted molar refractivity (Wildman–Crippen MR) is 36.2 cm³/mol. The van der Waals surface area contributed by atoms with Gasteiger partial charge in [-0.1, -0.05) is 0 Å². The maximum absolute atomic E-state index is 12.0. The molecular weight excluding hydrogens is 169 g/mol. The van der Waals surface area contributed by atoms with Crippen molar-refractivity contribution in [2.75, 3.05) is 0 Å². The molecule has 1 aromatic carbocycles. The molecule has 0 saturated heterocycles. The third-order valence-corrected chi connectivity index (χ3v) is 1.31. The second-order valence-electron chi connectivity index (χ2n) is 2.18. The molecule has 0 heterocycles. The van der Waals surface area contributed by atoms with Crippen molar-refractivity contribution in [1.29, 1.82) is 0 Å². The fourth-order valence-electron chi connectivity index (χ4n) is 0.759. The topological polar surface area (TPSA) is 17.1 Å². The molecule has 0 fully saturated rings. The van der Waals surface area contributed by atoms with E-state index in [-0.39, 0.29) is 5.56 Å². The maximum Gasteiger partial charge on any atom is 0.428 e. The Kier molecular flexibility index (Phi) is 2.11. The molecule has 0 saturated carbocycles. The average Bonchev–Trinajstić information content (AvgIpc) is 2.03. The van der Waals surface area contributed by atoms with Crippen LogP contribution in [0.15, 0.2) is 24.3 Å². The van der Waals surface area contributed by atoms with E-state index < -0.39 is 11.7 Å². The fraction of sp³-hybridized carbons (Fsp3) is 0.125. The highest BCUT2D eigenvalue weighted by molar-refractivity contribution is 5.75. The van der Waals surface area contributed by atoms with Gasteiger partial charge in [0.25, 0.3) is 0 Å². The average molecular weight is 173 g/mol. The standard InChI is InChI=1S/C8H4F3O/c9-8(10,11)7-3-1-2-6(4-7)5-12/h1-4H/q+1. The molecule has 0 unspecified atom stereocenters. The van der Waals surface area contributed by atoms with E-state index in [9.17, 15) is 18.0 Å². The van der Waals surface area contributed by atoms with E-state index in [2.05, 4.69) is 0 Å². The number of benzene rings is 1. The van der Waals surface area contributed by atoms with Crippen LogP contribution in [0.4, 0.5) is 13.2 Å². The quantitative estimate of drug-likeness (QED) is 0.594. The lowest BCUT2D eigenvalue weighted by molar-refractivity contribution is -0.137. The lowest BCUT2D eigenvalue weighted by Gasteiger charge is -2.01. The number of alkyl halides is 3. The van der Waals surface area contributed by atoms with Crippen LogP contribution in [0.2, 0.25) is 0 Å². The van der Waals surface area contributed by atoms with Crippen LogP contribution in [0.25, 0.3) is 0 Å². The molecule has 0 bridgehead atoms. The highest BCUT2D eigenvalue weighted by Gasteiger charge is 2.33. The first kappa shape index (κ1) is 8.68. The molecule has 0 aliphatic carbocycles. The summed E-state index contributed by atoms with van der Waals surface area (Å²) in [5.74, 6) is 0. The Hall–Kier alpha value is -1.41. The Balaban J connectivity index is 3.10. The molecule has 0 aliphatic rings. The maximum atomic E-state index is 12.0. The summed E-state index contributed by atoms with van der Waals surface area (Å²) in [6.45, 7) is 0. The molecule has 4 heteroatoms. The third-order valence-electron chi connectivity index (χ3n) is 1.31. The van der Waals surface area contributed by atoms with Crippen LogP contribution < -0.4 is 0 Å². The largest absolute Gasteiger partial charge is 0.428 e. The van der Waals surface area contributed by atoms with E-state index in [1.165, 1.54) is 18.4 Å². The molecule has 0 aliphatic heterocycles. The van der Waals surface area contributed by atoms with Crippen LogP contribution in [-0.4, -0.2) is 6.29 Å². The Morgan fingerprint density at radius 3 is 2.42 bits per heavy atom. The SMILES string of the molecule is O=[C+]c1cccc(C(F)(F)F)c1. The third kappa shape index (κ3) is 1.80.